The number of amides is 1. The third-order valence-corrected chi connectivity index (χ3v) is 5.58. The van der Waals surface area contributed by atoms with E-state index in [0.717, 1.165) is 15.6 Å². The molecule has 0 saturated carbocycles. The Morgan fingerprint density at radius 2 is 1.86 bits per heavy atom. The minimum atomic E-state index is -2.87. The van der Waals surface area contributed by atoms with Crippen molar-refractivity contribution in [2.75, 3.05) is 5.32 Å². The third-order valence-electron chi connectivity index (χ3n) is 5.58. The van der Waals surface area contributed by atoms with Crippen molar-refractivity contribution in [2.24, 2.45) is 0 Å². The van der Waals surface area contributed by atoms with Gasteiger partial charge in [-0.3, -0.25) is 9.48 Å². The van der Waals surface area contributed by atoms with Crippen molar-refractivity contribution in [3.05, 3.63) is 101 Å². The van der Waals surface area contributed by atoms with Gasteiger partial charge in [-0.25, -0.2) is 22.7 Å². The van der Waals surface area contributed by atoms with Crippen LogP contribution >= 0.6 is 0 Å². The largest absolute Gasteiger partial charge is 0.305 e. The van der Waals surface area contributed by atoms with E-state index in [1.165, 1.54) is 36.5 Å². The van der Waals surface area contributed by atoms with Gasteiger partial charge in [-0.15, -0.1) is 0 Å². The fourth-order valence-corrected chi connectivity index (χ4v) is 3.73. The molecule has 7 nitrogen and oxygen atoms in total. The highest BCUT2D eigenvalue weighted by Gasteiger charge is 2.22. The molecule has 0 aliphatic rings. The first-order valence-corrected chi connectivity index (χ1v) is 10.7. The number of nitrogens with zero attached hydrogens (tertiary/aromatic N) is 5. The number of benzene rings is 2. The molecule has 0 atom stereocenters. The lowest BCUT2D eigenvalue weighted by Gasteiger charge is -2.08. The molecule has 0 aliphatic carbocycles. The number of rotatable bonds is 6. The number of nitrogens with one attached hydrogen (secondary N) is 1. The van der Waals surface area contributed by atoms with Crippen molar-refractivity contribution in [2.45, 2.75) is 19.9 Å². The first-order chi connectivity index (χ1) is 16.9. The van der Waals surface area contributed by atoms with Gasteiger partial charge >= 0.3 is 0 Å². The van der Waals surface area contributed by atoms with Crippen molar-refractivity contribution in [1.29, 1.82) is 0 Å². The van der Waals surface area contributed by atoms with Gasteiger partial charge in [0.1, 0.15) is 17.1 Å². The lowest BCUT2D eigenvalue weighted by atomic mass is 10.1. The average Bonchev–Trinajstić information content (AvgIpc) is 3.47. The van der Waals surface area contributed by atoms with E-state index in [1.54, 1.807) is 16.9 Å². The Balaban J connectivity index is 1.45. The lowest BCUT2D eigenvalue weighted by molar-refractivity contribution is 0.102. The van der Waals surface area contributed by atoms with Crippen LogP contribution in [0.2, 0.25) is 0 Å². The van der Waals surface area contributed by atoms with Gasteiger partial charge in [0.25, 0.3) is 12.3 Å². The van der Waals surface area contributed by atoms with Crippen LogP contribution in [0.5, 0.6) is 0 Å². The van der Waals surface area contributed by atoms with Crippen LogP contribution < -0.4 is 5.32 Å². The standard InChI is InChI=1S/C25H19F3N6O/c1-15-4-2-3-5-17(15)14-33-11-10-22(32-33)31-25(35)19-13-29-34-21(23(27)28)12-20(30-24(19)34)16-6-8-18(26)9-7-16/h2-13,23H,14H2,1H3,(H,31,32,35). The second-order valence-corrected chi connectivity index (χ2v) is 7.95. The summed E-state index contributed by atoms with van der Waals surface area (Å²) in [7, 11) is 0. The lowest BCUT2D eigenvalue weighted by Crippen LogP contribution is -2.13. The van der Waals surface area contributed by atoms with Crippen molar-refractivity contribution in [3.8, 4) is 11.3 Å². The second-order valence-electron chi connectivity index (χ2n) is 7.95. The predicted molar refractivity (Wildman–Crippen MR) is 124 cm³/mol. The molecule has 2 aromatic carbocycles. The molecule has 0 fully saturated rings. The van der Waals surface area contributed by atoms with Gasteiger partial charge in [0, 0.05) is 17.8 Å². The van der Waals surface area contributed by atoms with Crippen LogP contribution in [0.1, 0.15) is 33.6 Å². The predicted octanol–water partition coefficient (Wildman–Crippen LogP) is 5.28. The maximum absolute atomic E-state index is 13.8. The second kappa shape index (κ2) is 9.05. The smallest absolute Gasteiger partial charge is 0.280 e. The first-order valence-electron chi connectivity index (χ1n) is 10.7. The molecule has 0 bridgehead atoms. The van der Waals surface area contributed by atoms with E-state index in [1.807, 2.05) is 31.2 Å². The molecule has 3 aromatic heterocycles. The third kappa shape index (κ3) is 4.50. The summed E-state index contributed by atoms with van der Waals surface area (Å²) in [6.07, 6.45) is 0.0490. The number of hydrogen-bond donors (Lipinski definition) is 1. The highest BCUT2D eigenvalue weighted by molar-refractivity contribution is 6.07. The van der Waals surface area contributed by atoms with Crippen LogP contribution in [0, 0.1) is 12.7 Å². The van der Waals surface area contributed by atoms with Crippen LogP contribution in [0.3, 0.4) is 0 Å². The van der Waals surface area contributed by atoms with Crippen LogP contribution in [0.4, 0.5) is 19.0 Å². The number of aryl methyl sites for hydroxylation is 1. The first kappa shape index (κ1) is 22.3. The highest BCUT2D eigenvalue weighted by Crippen LogP contribution is 2.27. The zero-order chi connectivity index (χ0) is 24.5. The number of carbonyl (C=O) groups is 1. The Kier molecular flexibility index (Phi) is 5.77. The maximum atomic E-state index is 13.8. The van der Waals surface area contributed by atoms with Crippen LogP contribution in [-0.4, -0.2) is 30.3 Å². The fourth-order valence-electron chi connectivity index (χ4n) is 3.73. The number of alkyl halides is 2. The number of halogens is 3. The van der Waals surface area contributed by atoms with E-state index in [2.05, 4.69) is 20.5 Å². The topological polar surface area (TPSA) is 77.1 Å². The Bertz CT molecular complexity index is 1520. The minimum Gasteiger partial charge on any atom is -0.305 e. The summed E-state index contributed by atoms with van der Waals surface area (Å²) in [4.78, 5) is 17.4. The fraction of sp³-hybridized carbons (Fsp3) is 0.120. The number of aromatic nitrogens is 5. The van der Waals surface area contributed by atoms with Crippen molar-refractivity contribution in [1.82, 2.24) is 24.4 Å². The molecule has 0 unspecified atom stereocenters. The summed E-state index contributed by atoms with van der Waals surface area (Å²) < 4.78 is 43.5. The Morgan fingerprint density at radius 3 is 2.60 bits per heavy atom. The van der Waals surface area contributed by atoms with Crippen molar-refractivity contribution >= 4 is 17.4 Å². The summed E-state index contributed by atoms with van der Waals surface area (Å²) in [5.41, 5.74) is 2.34. The van der Waals surface area contributed by atoms with Crippen LogP contribution in [0.15, 0.2) is 73.1 Å². The van der Waals surface area contributed by atoms with Crippen LogP contribution in [0.25, 0.3) is 16.9 Å². The zero-order valence-electron chi connectivity index (χ0n) is 18.5. The van der Waals surface area contributed by atoms with Crippen LogP contribution in [-0.2, 0) is 6.54 Å². The molecule has 0 spiro atoms. The summed E-state index contributed by atoms with van der Waals surface area (Å²) in [5, 5.41) is 11.0. The van der Waals surface area contributed by atoms with Crippen molar-refractivity contribution in [3.63, 3.8) is 0 Å². The molecule has 1 N–H and O–H groups in total. The summed E-state index contributed by atoms with van der Waals surface area (Å²) >= 11 is 0. The molecule has 176 valence electrons. The molecular formula is C25H19F3N6O. The van der Waals surface area contributed by atoms with Gasteiger partial charge in [-0.2, -0.15) is 10.2 Å². The average molecular weight is 476 g/mol. The Hall–Kier alpha value is -4.47. The van der Waals surface area contributed by atoms with Gasteiger partial charge in [-0.05, 0) is 48.4 Å². The van der Waals surface area contributed by atoms with E-state index in [4.69, 9.17) is 0 Å². The van der Waals surface area contributed by atoms with E-state index < -0.39 is 23.8 Å². The maximum Gasteiger partial charge on any atom is 0.280 e. The SMILES string of the molecule is Cc1ccccc1Cn1ccc(NC(=O)c2cnn3c(C(F)F)cc(-c4ccc(F)cc4)nc23)n1. The van der Waals surface area contributed by atoms with E-state index in [-0.39, 0.29) is 16.9 Å². The van der Waals surface area contributed by atoms with Gasteiger partial charge in [0.2, 0.25) is 0 Å². The van der Waals surface area contributed by atoms with E-state index >= 15 is 0 Å². The van der Waals surface area contributed by atoms with Crippen molar-refractivity contribution < 1.29 is 18.0 Å². The molecule has 0 radical (unpaired) electrons. The van der Waals surface area contributed by atoms with Gasteiger partial charge in [0.15, 0.2) is 11.5 Å². The molecule has 0 aliphatic heterocycles. The van der Waals surface area contributed by atoms with Gasteiger partial charge in [-0.1, -0.05) is 24.3 Å². The number of fused-ring (bicyclic) bond motifs is 1. The molecule has 5 rings (SSSR count). The summed E-state index contributed by atoms with van der Waals surface area (Å²) in [6, 6.07) is 16.0. The molecule has 3 heterocycles. The summed E-state index contributed by atoms with van der Waals surface area (Å²) in [5.74, 6) is -0.757. The summed E-state index contributed by atoms with van der Waals surface area (Å²) in [6.45, 7) is 2.53. The number of hydrogen-bond acceptors (Lipinski definition) is 4. The normalized spacial score (nSPS) is 11.3. The molecular weight excluding hydrogens is 457 g/mol. The number of anilines is 1. The monoisotopic (exact) mass is 476 g/mol. The Labute approximate surface area is 197 Å². The van der Waals surface area contributed by atoms with Gasteiger partial charge < -0.3 is 5.32 Å². The molecule has 0 saturated heterocycles. The molecule has 10 heteroatoms. The molecule has 5 aromatic rings. The van der Waals surface area contributed by atoms with E-state index in [0.29, 0.717) is 17.9 Å². The highest BCUT2D eigenvalue weighted by atomic mass is 19.3. The quantitative estimate of drug-likeness (QED) is 0.362. The van der Waals surface area contributed by atoms with E-state index in [9.17, 15) is 18.0 Å². The molecule has 1 amide bonds. The minimum absolute atomic E-state index is 0.00400. The molecule has 35 heavy (non-hydrogen) atoms. The van der Waals surface area contributed by atoms with Gasteiger partial charge in [0.05, 0.1) is 18.4 Å². The Morgan fingerprint density at radius 1 is 1.09 bits per heavy atom. The number of carbonyl (C=O) groups excluding carboxylic acids is 1. The zero-order valence-corrected chi connectivity index (χ0v) is 18.5.